The van der Waals surface area contributed by atoms with Gasteiger partial charge in [-0.05, 0) is 6.92 Å². The van der Waals surface area contributed by atoms with Crippen LogP contribution in [0.1, 0.15) is 13.3 Å². The van der Waals surface area contributed by atoms with Crippen LogP contribution in [0.15, 0.2) is 0 Å². The van der Waals surface area contributed by atoms with Crippen LogP contribution in [0.5, 0.6) is 0 Å². The molecular weight excluding hydrogens is 269 g/mol. The van der Waals surface area contributed by atoms with Crippen LogP contribution in [-0.4, -0.2) is 22.9 Å². The van der Waals surface area contributed by atoms with Crippen LogP contribution in [0.3, 0.4) is 0 Å². The fourth-order valence-corrected chi connectivity index (χ4v) is 1.13. The molecule has 0 N–H and O–H groups in total. The number of carbonyl (C=O) groups is 1. The van der Waals surface area contributed by atoms with Gasteiger partial charge in [-0.25, -0.2) is 4.79 Å². The highest BCUT2D eigenvalue weighted by atomic mass is 127. The molecule has 2 nitrogen and oxygen atoms in total. The van der Waals surface area contributed by atoms with Crippen molar-refractivity contribution < 1.29 is 18.3 Å². The second kappa shape index (κ2) is 4.84. The zero-order chi connectivity index (χ0) is 8.91. The summed E-state index contributed by atoms with van der Waals surface area (Å²) in [6.45, 7) is 1.49. The van der Waals surface area contributed by atoms with E-state index < -0.39 is 18.3 Å². The van der Waals surface area contributed by atoms with Crippen molar-refractivity contribution in [3.63, 3.8) is 0 Å². The Labute approximate surface area is 77.4 Å². The van der Waals surface area contributed by atoms with Crippen molar-refractivity contribution >= 4 is 28.6 Å². The SMILES string of the molecule is CCOC(=O)C(F)(F)CCI. The summed E-state index contributed by atoms with van der Waals surface area (Å²) in [6.07, 6.45) is -0.452. The zero-order valence-electron chi connectivity index (χ0n) is 6.07. The summed E-state index contributed by atoms with van der Waals surface area (Å²) in [5.74, 6) is -4.73. The number of hydrogen-bond acceptors (Lipinski definition) is 2. The zero-order valence-corrected chi connectivity index (χ0v) is 8.23. The third-order valence-corrected chi connectivity index (χ3v) is 1.52. The lowest BCUT2D eigenvalue weighted by Crippen LogP contribution is -2.31. The number of alkyl halides is 3. The summed E-state index contributed by atoms with van der Waals surface area (Å²) < 4.78 is 29.5. The Kier molecular flexibility index (Phi) is 4.87. The Hall–Kier alpha value is 0.0600. The third-order valence-electron chi connectivity index (χ3n) is 0.983. The molecule has 0 atom stereocenters. The van der Waals surface area contributed by atoms with E-state index in [1.807, 2.05) is 0 Å². The van der Waals surface area contributed by atoms with E-state index in [1.165, 1.54) is 6.92 Å². The molecule has 0 aliphatic rings. The second-order valence-electron chi connectivity index (χ2n) is 1.86. The molecule has 0 unspecified atom stereocenters. The second-order valence-corrected chi connectivity index (χ2v) is 2.94. The van der Waals surface area contributed by atoms with Crippen LogP contribution < -0.4 is 0 Å². The van der Waals surface area contributed by atoms with Gasteiger partial charge in [-0.15, -0.1) is 0 Å². The van der Waals surface area contributed by atoms with Crippen LogP contribution in [0.4, 0.5) is 8.78 Å². The van der Waals surface area contributed by atoms with Crippen LogP contribution in [0.2, 0.25) is 0 Å². The van der Waals surface area contributed by atoms with Gasteiger partial charge in [0.2, 0.25) is 0 Å². The maximum absolute atomic E-state index is 12.5. The lowest BCUT2D eigenvalue weighted by Gasteiger charge is -2.12. The average Bonchev–Trinajstić information content (AvgIpc) is 1.88. The largest absolute Gasteiger partial charge is 0.462 e. The molecule has 0 radical (unpaired) electrons. The summed E-state index contributed by atoms with van der Waals surface area (Å²) in [6, 6.07) is 0. The first kappa shape index (κ1) is 11.1. The van der Waals surface area contributed by atoms with Gasteiger partial charge in [-0.2, -0.15) is 8.78 Å². The van der Waals surface area contributed by atoms with Gasteiger partial charge in [0.1, 0.15) is 0 Å². The van der Waals surface area contributed by atoms with E-state index in [1.54, 1.807) is 22.6 Å². The Morgan fingerprint density at radius 1 is 1.64 bits per heavy atom. The fourth-order valence-electron chi connectivity index (χ4n) is 0.457. The smallest absolute Gasteiger partial charge is 0.376 e. The van der Waals surface area contributed by atoms with Crippen molar-refractivity contribution in [3.8, 4) is 0 Å². The molecule has 0 saturated heterocycles. The van der Waals surface area contributed by atoms with Crippen molar-refractivity contribution in [1.82, 2.24) is 0 Å². The number of rotatable bonds is 4. The van der Waals surface area contributed by atoms with E-state index in [-0.39, 0.29) is 11.0 Å². The first-order valence-electron chi connectivity index (χ1n) is 3.15. The fraction of sp³-hybridized carbons (Fsp3) is 0.833. The molecule has 0 fully saturated rings. The predicted molar refractivity (Wildman–Crippen MR) is 45.1 cm³/mol. The lowest BCUT2D eigenvalue weighted by atomic mass is 10.3. The molecule has 0 aromatic carbocycles. The maximum Gasteiger partial charge on any atom is 0.376 e. The van der Waals surface area contributed by atoms with Gasteiger partial charge < -0.3 is 4.74 Å². The summed E-state index contributed by atoms with van der Waals surface area (Å²) in [7, 11) is 0. The molecule has 5 heteroatoms. The molecule has 0 heterocycles. The van der Waals surface area contributed by atoms with Gasteiger partial charge in [0.15, 0.2) is 0 Å². The Bertz CT molecular complexity index is 139. The quantitative estimate of drug-likeness (QED) is 0.446. The summed E-state index contributed by atoms with van der Waals surface area (Å²) >= 11 is 1.79. The molecule has 11 heavy (non-hydrogen) atoms. The van der Waals surface area contributed by atoms with E-state index in [2.05, 4.69) is 4.74 Å². The molecule has 0 rings (SSSR count). The van der Waals surface area contributed by atoms with Crippen LogP contribution in [0.25, 0.3) is 0 Å². The van der Waals surface area contributed by atoms with Crippen molar-refractivity contribution in [1.29, 1.82) is 0 Å². The molecule has 0 aromatic rings. The van der Waals surface area contributed by atoms with E-state index in [0.717, 1.165) is 0 Å². The van der Waals surface area contributed by atoms with E-state index in [9.17, 15) is 13.6 Å². The maximum atomic E-state index is 12.5. The Morgan fingerprint density at radius 3 is 2.55 bits per heavy atom. The van der Waals surface area contributed by atoms with Crippen molar-refractivity contribution in [2.24, 2.45) is 0 Å². The van der Waals surface area contributed by atoms with Gasteiger partial charge in [0, 0.05) is 10.8 Å². The Balaban J connectivity index is 3.94. The Morgan fingerprint density at radius 2 is 2.18 bits per heavy atom. The van der Waals surface area contributed by atoms with Crippen molar-refractivity contribution in [2.75, 3.05) is 11.0 Å². The minimum absolute atomic E-state index is 0.00430. The normalized spacial score (nSPS) is 11.3. The van der Waals surface area contributed by atoms with Gasteiger partial charge >= 0.3 is 11.9 Å². The third kappa shape index (κ3) is 3.83. The minimum atomic E-state index is -3.31. The average molecular weight is 278 g/mol. The molecule has 0 spiro atoms. The minimum Gasteiger partial charge on any atom is -0.462 e. The molecule has 0 aliphatic heterocycles. The van der Waals surface area contributed by atoms with Crippen LogP contribution in [-0.2, 0) is 9.53 Å². The van der Waals surface area contributed by atoms with Gasteiger partial charge in [-0.3, -0.25) is 0 Å². The van der Waals surface area contributed by atoms with Crippen molar-refractivity contribution in [3.05, 3.63) is 0 Å². The van der Waals surface area contributed by atoms with Gasteiger partial charge in [0.05, 0.1) is 6.61 Å². The lowest BCUT2D eigenvalue weighted by molar-refractivity contribution is -0.171. The number of carbonyl (C=O) groups excluding carboxylic acids is 1. The van der Waals surface area contributed by atoms with Crippen LogP contribution in [0, 0.1) is 0 Å². The molecule has 0 amide bonds. The number of esters is 1. The number of hydrogen-bond donors (Lipinski definition) is 0. The van der Waals surface area contributed by atoms with E-state index >= 15 is 0 Å². The molecule has 0 saturated carbocycles. The molecular formula is C6H9F2IO2. The van der Waals surface area contributed by atoms with Crippen LogP contribution >= 0.6 is 22.6 Å². The predicted octanol–water partition coefficient (Wildman–Crippen LogP) is 2.01. The molecule has 0 aromatic heterocycles. The van der Waals surface area contributed by atoms with Gasteiger partial charge in [0.25, 0.3) is 0 Å². The van der Waals surface area contributed by atoms with Gasteiger partial charge in [-0.1, -0.05) is 22.6 Å². The highest BCUT2D eigenvalue weighted by molar-refractivity contribution is 14.1. The molecule has 66 valence electrons. The highest BCUT2D eigenvalue weighted by Gasteiger charge is 2.39. The summed E-state index contributed by atoms with van der Waals surface area (Å²) in [5.41, 5.74) is 0. The molecule has 0 aliphatic carbocycles. The monoisotopic (exact) mass is 278 g/mol. The molecule has 0 bridgehead atoms. The standard InChI is InChI=1S/C6H9F2IO2/c1-2-11-5(10)6(7,8)3-4-9/h2-4H2,1H3. The summed E-state index contributed by atoms with van der Waals surface area (Å²) in [5, 5.41) is 0. The summed E-state index contributed by atoms with van der Waals surface area (Å²) in [4.78, 5) is 10.5. The first-order valence-corrected chi connectivity index (χ1v) is 4.68. The number of ether oxygens (including phenoxy) is 1. The van der Waals surface area contributed by atoms with E-state index in [0.29, 0.717) is 0 Å². The highest BCUT2D eigenvalue weighted by Crippen LogP contribution is 2.21. The topological polar surface area (TPSA) is 26.3 Å². The van der Waals surface area contributed by atoms with Crippen molar-refractivity contribution in [2.45, 2.75) is 19.3 Å². The number of halogens is 3. The van der Waals surface area contributed by atoms with E-state index in [4.69, 9.17) is 0 Å². The first-order chi connectivity index (χ1) is 5.04.